The third-order valence-corrected chi connectivity index (χ3v) is 5.68. The van der Waals surface area contributed by atoms with Crippen molar-refractivity contribution in [1.82, 2.24) is 14.7 Å². The molecule has 0 spiro atoms. The van der Waals surface area contributed by atoms with Crippen LogP contribution in [-0.4, -0.2) is 27.3 Å². The van der Waals surface area contributed by atoms with Crippen LogP contribution < -0.4 is 0 Å². The lowest BCUT2D eigenvalue weighted by atomic mass is 9.86. The van der Waals surface area contributed by atoms with E-state index in [1.54, 1.807) is 0 Å². The summed E-state index contributed by atoms with van der Waals surface area (Å²) in [4.78, 5) is 2.63. The molecule has 0 aliphatic carbocycles. The number of aryl methyl sites for hydroxylation is 2. The first kappa shape index (κ1) is 16.0. The number of likely N-dealkylation sites (tertiary alicyclic amines) is 1. The zero-order chi connectivity index (χ0) is 14.9. The fourth-order valence-corrected chi connectivity index (χ4v) is 4.09. The first-order valence-electron chi connectivity index (χ1n) is 7.95. The maximum atomic E-state index is 4.72. The maximum Gasteiger partial charge on any atom is 0.0767 e. The smallest absolute Gasteiger partial charge is 0.0767 e. The number of rotatable bonds is 4. The van der Waals surface area contributed by atoms with E-state index in [1.807, 2.05) is 0 Å². The average Bonchev–Trinajstić information content (AvgIpc) is 2.72. The highest BCUT2D eigenvalue weighted by Crippen LogP contribution is 2.30. The molecule has 2 heterocycles. The molecule has 3 nitrogen and oxygen atoms in total. The van der Waals surface area contributed by atoms with Crippen molar-refractivity contribution < 1.29 is 0 Å². The van der Waals surface area contributed by atoms with Crippen LogP contribution in [0.4, 0.5) is 0 Å². The van der Waals surface area contributed by atoms with E-state index in [1.165, 1.54) is 28.8 Å². The fourth-order valence-electron chi connectivity index (χ4n) is 3.40. The van der Waals surface area contributed by atoms with Crippen LogP contribution in [0.25, 0.3) is 0 Å². The Hall–Kier alpha value is -0.350. The number of aromatic nitrogens is 2. The van der Waals surface area contributed by atoms with Gasteiger partial charge in [0.2, 0.25) is 0 Å². The Bertz CT molecular complexity index is 455. The summed E-state index contributed by atoms with van der Waals surface area (Å²) in [7, 11) is 0. The first-order valence-corrected chi connectivity index (χ1v) is 8.75. The van der Waals surface area contributed by atoms with E-state index in [-0.39, 0.29) is 0 Å². The molecule has 1 aliphatic heterocycles. The van der Waals surface area contributed by atoms with Crippen LogP contribution >= 0.6 is 15.9 Å². The van der Waals surface area contributed by atoms with Gasteiger partial charge in [-0.2, -0.15) is 5.10 Å². The van der Waals surface area contributed by atoms with Gasteiger partial charge in [0.05, 0.1) is 15.9 Å². The third-order valence-electron chi connectivity index (χ3n) is 4.77. The lowest BCUT2D eigenvalue weighted by Crippen LogP contribution is -2.45. The predicted molar refractivity (Wildman–Crippen MR) is 87.8 cm³/mol. The predicted octanol–water partition coefficient (Wildman–Crippen LogP) is 4.09. The molecule has 2 rings (SSSR count). The Morgan fingerprint density at radius 3 is 2.55 bits per heavy atom. The summed E-state index contributed by atoms with van der Waals surface area (Å²) in [5.41, 5.74) is 2.53. The molecule has 0 radical (unpaired) electrons. The minimum absolute atomic E-state index is 0.656. The van der Waals surface area contributed by atoms with Crippen molar-refractivity contribution in [3.8, 4) is 0 Å². The van der Waals surface area contributed by atoms with Crippen LogP contribution in [0.3, 0.4) is 0 Å². The Balaban J connectivity index is 2.22. The third kappa shape index (κ3) is 3.11. The van der Waals surface area contributed by atoms with Crippen molar-refractivity contribution in [2.75, 3.05) is 6.54 Å². The molecular weight excluding hydrogens is 314 g/mol. The molecule has 1 aliphatic rings. The van der Waals surface area contributed by atoms with Gasteiger partial charge in [0.25, 0.3) is 0 Å². The zero-order valence-corrected chi connectivity index (χ0v) is 15.1. The normalized spacial score (nSPS) is 28.0. The summed E-state index contributed by atoms with van der Waals surface area (Å²) in [6.45, 7) is 14.6. The molecule has 0 saturated carbocycles. The number of hydrogen-bond acceptors (Lipinski definition) is 2. The Morgan fingerprint density at radius 2 is 1.95 bits per heavy atom. The number of nitrogens with zero attached hydrogens (tertiary/aromatic N) is 3. The zero-order valence-electron chi connectivity index (χ0n) is 13.5. The highest BCUT2D eigenvalue weighted by atomic mass is 79.9. The van der Waals surface area contributed by atoms with Gasteiger partial charge >= 0.3 is 0 Å². The van der Waals surface area contributed by atoms with E-state index in [0.29, 0.717) is 6.04 Å². The summed E-state index contributed by atoms with van der Waals surface area (Å²) in [6, 6.07) is 0.656. The Kier molecular flexibility index (Phi) is 5.30. The lowest BCUT2D eigenvalue weighted by Gasteiger charge is -2.41. The molecule has 114 valence electrons. The highest BCUT2D eigenvalue weighted by Gasteiger charge is 2.30. The second kappa shape index (κ2) is 6.61. The number of piperidine rings is 1. The summed E-state index contributed by atoms with van der Waals surface area (Å²) in [6.07, 6.45) is 2.34. The Morgan fingerprint density at radius 1 is 1.25 bits per heavy atom. The molecule has 1 saturated heterocycles. The van der Waals surface area contributed by atoms with Crippen LogP contribution in [0.5, 0.6) is 0 Å². The van der Waals surface area contributed by atoms with Gasteiger partial charge in [0, 0.05) is 25.7 Å². The van der Waals surface area contributed by atoms with Crippen molar-refractivity contribution >= 4 is 15.9 Å². The van der Waals surface area contributed by atoms with Crippen LogP contribution in [0.15, 0.2) is 4.47 Å². The standard InChI is InChI=1S/C16H28BrN3/c1-6-14-16(17)15(20(7-2)18-14)10-19-9-11(3)8-12(4)13(19)5/h11-13H,6-10H2,1-5H3. The summed E-state index contributed by atoms with van der Waals surface area (Å²) in [5, 5.41) is 4.72. The van der Waals surface area contributed by atoms with Gasteiger partial charge in [-0.1, -0.05) is 20.8 Å². The van der Waals surface area contributed by atoms with Crippen LogP contribution in [0.2, 0.25) is 0 Å². The molecule has 4 heteroatoms. The van der Waals surface area contributed by atoms with Gasteiger partial charge in [0.15, 0.2) is 0 Å². The molecular formula is C16H28BrN3. The largest absolute Gasteiger partial charge is 0.294 e. The van der Waals surface area contributed by atoms with Crippen LogP contribution in [0, 0.1) is 11.8 Å². The van der Waals surface area contributed by atoms with E-state index in [9.17, 15) is 0 Å². The summed E-state index contributed by atoms with van der Waals surface area (Å²) >= 11 is 3.77. The molecule has 20 heavy (non-hydrogen) atoms. The van der Waals surface area contributed by atoms with Crippen molar-refractivity contribution in [2.24, 2.45) is 11.8 Å². The minimum Gasteiger partial charge on any atom is -0.294 e. The maximum absolute atomic E-state index is 4.72. The van der Waals surface area contributed by atoms with Crippen molar-refractivity contribution in [2.45, 2.75) is 66.6 Å². The number of hydrogen-bond donors (Lipinski definition) is 0. The quantitative estimate of drug-likeness (QED) is 0.822. The van der Waals surface area contributed by atoms with Crippen molar-refractivity contribution in [1.29, 1.82) is 0 Å². The van der Waals surface area contributed by atoms with Gasteiger partial charge in [-0.25, -0.2) is 0 Å². The molecule has 1 aromatic heterocycles. The van der Waals surface area contributed by atoms with Gasteiger partial charge in [-0.05, 0) is 54.5 Å². The Labute approximate surface area is 131 Å². The van der Waals surface area contributed by atoms with E-state index in [0.717, 1.165) is 31.3 Å². The fraction of sp³-hybridized carbons (Fsp3) is 0.812. The second-order valence-electron chi connectivity index (χ2n) is 6.36. The van der Waals surface area contributed by atoms with Gasteiger partial charge in [0.1, 0.15) is 0 Å². The molecule has 3 unspecified atom stereocenters. The van der Waals surface area contributed by atoms with E-state index in [2.05, 4.69) is 60.1 Å². The van der Waals surface area contributed by atoms with Crippen molar-refractivity contribution in [3.05, 3.63) is 15.9 Å². The molecule has 3 atom stereocenters. The molecule has 1 aromatic rings. The topological polar surface area (TPSA) is 21.1 Å². The van der Waals surface area contributed by atoms with E-state index < -0.39 is 0 Å². The summed E-state index contributed by atoms with van der Waals surface area (Å²) in [5.74, 6) is 1.57. The first-order chi connectivity index (χ1) is 9.47. The van der Waals surface area contributed by atoms with Crippen molar-refractivity contribution in [3.63, 3.8) is 0 Å². The van der Waals surface area contributed by atoms with E-state index in [4.69, 9.17) is 5.10 Å². The van der Waals surface area contributed by atoms with Gasteiger partial charge in [-0.15, -0.1) is 0 Å². The average molecular weight is 342 g/mol. The monoisotopic (exact) mass is 341 g/mol. The molecule has 0 amide bonds. The molecule has 1 fully saturated rings. The molecule has 0 aromatic carbocycles. The minimum atomic E-state index is 0.656. The summed E-state index contributed by atoms with van der Waals surface area (Å²) < 4.78 is 3.39. The van der Waals surface area contributed by atoms with Crippen LogP contribution in [-0.2, 0) is 19.5 Å². The van der Waals surface area contributed by atoms with E-state index >= 15 is 0 Å². The highest BCUT2D eigenvalue weighted by molar-refractivity contribution is 9.10. The molecule has 0 N–H and O–H groups in total. The van der Waals surface area contributed by atoms with Gasteiger partial charge in [-0.3, -0.25) is 9.58 Å². The second-order valence-corrected chi connectivity index (χ2v) is 7.16. The SMILES string of the molecule is CCc1nn(CC)c(CN2CC(C)CC(C)C2C)c1Br. The van der Waals surface area contributed by atoms with Crippen LogP contribution in [0.1, 0.15) is 52.4 Å². The lowest BCUT2D eigenvalue weighted by molar-refractivity contribution is 0.0703. The molecule has 0 bridgehead atoms. The van der Waals surface area contributed by atoms with Gasteiger partial charge < -0.3 is 0 Å². The number of halogens is 1.